The summed E-state index contributed by atoms with van der Waals surface area (Å²) < 4.78 is 0. The maximum Gasteiger partial charge on any atom is 0.282 e. The molecule has 2 N–H and O–H groups in total. The van der Waals surface area contributed by atoms with E-state index >= 15 is 0 Å². The Labute approximate surface area is 171 Å². The number of hydrogen-bond acceptors (Lipinski definition) is 6. The Balaban J connectivity index is 1.82. The average Bonchev–Trinajstić information content (AvgIpc) is 2.98. The second-order valence-corrected chi connectivity index (χ2v) is 6.54. The molecule has 154 valence electrons. The van der Waals surface area contributed by atoms with Gasteiger partial charge in [0.1, 0.15) is 11.6 Å². The van der Waals surface area contributed by atoms with Crippen molar-refractivity contribution in [1.82, 2.24) is 10.2 Å². The summed E-state index contributed by atoms with van der Waals surface area (Å²) in [5.74, 6) is -2.67. The summed E-state index contributed by atoms with van der Waals surface area (Å²) in [6.07, 6.45) is 0. The van der Waals surface area contributed by atoms with Gasteiger partial charge < -0.3 is 10.6 Å². The van der Waals surface area contributed by atoms with E-state index in [2.05, 4.69) is 10.6 Å². The molecule has 1 atom stereocenters. The number of nitro benzene ring substituents is 1. The van der Waals surface area contributed by atoms with E-state index in [4.69, 9.17) is 0 Å². The number of fused-ring (bicyclic) bond motifs is 1. The molecule has 2 aromatic rings. The first-order chi connectivity index (χ1) is 14.3. The highest BCUT2D eigenvalue weighted by Gasteiger charge is 2.44. The van der Waals surface area contributed by atoms with Crippen molar-refractivity contribution in [3.63, 3.8) is 0 Å². The molecule has 1 aliphatic heterocycles. The third kappa shape index (κ3) is 3.62. The molecule has 30 heavy (non-hydrogen) atoms. The summed E-state index contributed by atoms with van der Waals surface area (Å²) in [4.78, 5) is 61.1. The Bertz CT molecular complexity index is 1080. The molecule has 10 nitrogen and oxygen atoms in total. The van der Waals surface area contributed by atoms with Crippen LogP contribution in [0.25, 0.3) is 0 Å². The van der Waals surface area contributed by atoms with Gasteiger partial charge in [0.15, 0.2) is 0 Å². The minimum absolute atomic E-state index is 0.118. The first-order valence-corrected chi connectivity index (χ1v) is 9.10. The molecule has 0 aromatic heterocycles. The van der Waals surface area contributed by atoms with Crippen LogP contribution < -0.4 is 10.6 Å². The maximum atomic E-state index is 12.7. The van der Waals surface area contributed by atoms with Crippen molar-refractivity contribution in [3.05, 3.63) is 69.3 Å². The summed E-state index contributed by atoms with van der Waals surface area (Å²) >= 11 is 0. The minimum Gasteiger partial charge on any atom is -0.352 e. The number of amides is 4. The summed E-state index contributed by atoms with van der Waals surface area (Å²) in [5, 5.41) is 16.4. The van der Waals surface area contributed by atoms with Gasteiger partial charge in [-0.25, -0.2) is 0 Å². The smallest absolute Gasteiger partial charge is 0.282 e. The normalized spacial score (nSPS) is 13.6. The molecule has 4 amide bonds. The van der Waals surface area contributed by atoms with Gasteiger partial charge >= 0.3 is 0 Å². The molecule has 0 aliphatic carbocycles. The second-order valence-electron chi connectivity index (χ2n) is 6.54. The van der Waals surface area contributed by atoms with Gasteiger partial charge in [-0.15, -0.1) is 0 Å². The topological polar surface area (TPSA) is 139 Å². The molecule has 0 unspecified atom stereocenters. The van der Waals surface area contributed by atoms with Crippen molar-refractivity contribution in [2.75, 3.05) is 11.9 Å². The van der Waals surface area contributed by atoms with Gasteiger partial charge in [0, 0.05) is 23.9 Å². The number of anilines is 1. The number of nitrogens with zero attached hydrogens (tertiary/aromatic N) is 2. The molecule has 0 fully saturated rings. The van der Waals surface area contributed by atoms with Gasteiger partial charge in [0.25, 0.3) is 23.4 Å². The molecule has 3 rings (SSSR count). The lowest BCUT2D eigenvalue weighted by Gasteiger charge is -2.21. The Morgan fingerprint density at radius 3 is 2.50 bits per heavy atom. The second kappa shape index (κ2) is 8.11. The van der Waals surface area contributed by atoms with Crippen LogP contribution in [0.4, 0.5) is 11.4 Å². The van der Waals surface area contributed by atoms with Gasteiger partial charge in [0.05, 0.1) is 10.5 Å². The summed E-state index contributed by atoms with van der Waals surface area (Å²) in [5.41, 5.74) is -0.301. The molecule has 10 heteroatoms. The molecule has 0 spiro atoms. The van der Waals surface area contributed by atoms with Crippen LogP contribution in [0.3, 0.4) is 0 Å². The lowest BCUT2D eigenvalue weighted by molar-refractivity contribution is -0.385. The van der Waals surface area contributed by atoms with Crippen LogP contribution in [-0.4, -0.2) is 46.0 Å². The number of benzene rings is 2. The summed E-state index contributed by atoms with van der Waals surface area (Å²) in [7, 11) is 0. The highest BCUT2D eigenvalue weighted by atomic mass is 16.6. The third-order valence-corrected chi connectivity index (χ3v) is 4.62. The van der Waals surface area contributed by atoms with E-state index in [0.29, 0.717) is 22.7 Å². The number of nitro groups is 1. The van der Waals surface area contributed by atoms with Crippen molar-refractivity contribution < 1.29 is 24.1 Å². The Hall–Kier alpha value is -4.08. The van der Waals surface area contributed by atoms with Gasteiger partial charge in [-0.1, -0.05) is 12.1 Å². The van der Waals surface area contributed by atoms with Crippen molar-refractivity contribution in [2.24, 2.45) is 0 Å². The number of carbonyl (C=O) groups is 4. The summed E-state index contributed by atoms with van der Waals surface area (Å²) in [6, 6.07) is 8.69. The summed E-state index contributed by atoms with van der Waals surface area (Å²) in [6.45, 7) is 3.56. The van der Waals surface area contributed by atoms with E-state index < -0.39 is 34.4 Å². The van der Waals surface area contributed by atoms with Crippen LogP contribution in [0, 0.1) is 10.1 Å². The zero-order valence-corrected chi connectivity index (χ0v) is 16.2. The van der Waals surface area contributed by atoms with Crippen LogP contribution >= 0.6 is 0 Å². The number of imide groups is 1. The molecule has 0 saturated heterocycles. The average molecular weight is 410 g/mol. The fourth-order valence-electron chi connectivity index (χ4n) is 3.15. The van der Waals surface area contributed by atoms with E-state index in [1.54, 1.807) is 25.1 Å². The predicted octanol–water partition coefficient (Wildman–Crippen LogP) is 1.97. The van der Waals surface area contributed by atoms with Crippen LogP contribution in [0.5, 0.6) is 0 Å². The van der Waals surface area contributed by atoms with E-state index in [0.717, 1.165) is 6.07 Å². The molecule has 1 aliphatic rings. The van der Waals surface area contributed by atoms with E-state index in [-0.39, 0.29) is 17.0 Å². The predicted molar refractivity (Wildman–Crippen MR) is 106 cm³/mol. The fourth-order valence-corrected chi connectivity index (χ4v) is 3.15. The maximum absolute atomic E-state index is 12.7. The van der Waals surface area contributed by atoms with Crippen molar-refractivity contribution in [1.29, 1.82) is 0 Å². The largest absolute Gasteiger partial charge is 0.352 e. The quantitative estimate of drug-likeness (QED) is 0.424. The molecule has 2 aromatic carbocycles. The number of nitrogens with one attached hydrogen (secondary N) is 2. The lowest BCUT2D eigenvalue weighted by Crippen LogP contribution is -2.45. The highest BCUT2D eigenvalue weighted by Crippen LogP contribution is 2.32. The van der Waals surface area contributed by atoms with Crippen molar-refractivity contribution in [3.8, 4) is 0 Å². The molecular formula is C20H18N4O6. The van der Waals surface area contributed by atoms with Crippen LogP contribution in [-0.2, 0) is 4.79 Å². The van der Waals surface area contributed by atoms with Crippen LogP contribution in [0.2, 0.25) is 0 Å². The standard InChI is InChI=1S/C20H18N4O6/c1-3-21-18(26)12-6-4-7-13(10-12)22-17(25)11(2)23-19(27)14-8-5-9-15(24(29)30)16(14)20(23)28/h4-11H,3H2,1-2H3,(H,21,26)(H,22,25)/t11-/m0/s1. The van der Waals surface area contributed by atoms with Crippen LogP contribution in [0.15, 0.2) is 42.5 Å². The molecule has 0 saturated carbocycles. The van der Waals surface area contributed by atoms with E-state index in [1.807, 2.05) is 0 Å². The molecule has 0 bridgehead atoms. The minimum atomic E-state index is -1.23. The number of rotatable bonds is 6. The van der Waals surface area contributed by atoms with Gasteiger partial charge in [-0.05, 0) is 38.1 Å². The lowest BCUT2D eigenvalue weighted by atomic mass is 10.1. The van der Waals surface area contributed by atoms with Crippen molar-refractivity contribution >= 4 is 35.0 Å². The van der Waals surface area contributed by atoms with Gasteiger partial charge in [-0.2, -0.15) is 0 Å². The Kier molecular flexibility index (Phi) is 5.58. The van der Waals surface area contributed by atoms with E-state index in [1.165, 1.54) is 25.1 Å². The van der Waals surface area contributed by atoms with Gasteiger partial charge in [-0.3, -0.25) is 34.2 Å². The zero-order valence-electron chi connectivity index (χ0n) is 16.2. The first kappa shape index (κ1) is 20.6. The first-order valence-electron chi connectivity index (χ1n) is 9.10. The zero-order chi connectivity index (χ0) is 22.0. The van der Waals surface area contributed by atoms with Gasteiger partial charge in [0.2, 0.25) is 5.91 Å². The number of hydrogen-bond donors (Lipinski definition) is 2. The number of carbonyl (C=O) groups excluding carboxylic acids is 4. The molecule has 0 radical (unpaired) electrons. The SMILES string of the molecule is CCNC(=O)c1cccc(NC(=O)[C@H](C)N2C(=O)c3cccc([N+](=O)[O-])c3C2=O)c1. The Morgan fingerprint density at radius 2 is 1.83 bits per heavy atom. The Morgan fingerprint density at radius 1 is 1.13 bits per heavy atom. The van der Waals surface area contributed by atoms with Crippen molar-refractivity contribution in [2.45, 2.75) is 19.9 Å². The highest BCUT2D eigenvalue weighted by molar-refractivity contribution is 6.24. The molecular weight excluding hydrogens is 392 g/mol. The molecule has 1 heterocycles. The van der Waals surface area contributed by atoms with E-state index in [9.17, 15) is 29.3 Å². The fraction of sp³-hybridized carbons (Fsp3) is 0.200. The van der Waals surface area contributed by atoms with Crippen LogP contribution in [0.1, 0.15) is 44.9 Å². The monoisotopic (exact) mass is 410 g/mol. The third-order valence-electron chi connectivity index (χ3n) is 4.62.